The van der Waals surface area contributed by atoms with Crippen molar-refractivity contribution in [3.05, 3.63) is 328 Å². The second-order valence-electron chi connectivity index (χ2n) is 21.9. The zero-order chi connectivity index (χ0) is 60.0. The van der Waals surface area contributed by atoms with Crippen LogP contribution in [0.15, 0.2) is 328 Å². The van der Waals surface area contributed by atoms with Crippen LogP contribution in [0, 0.1) is 0 Å². The van der Waals surface area contributed by atoms with Gasteiger partial charge in [-0.05, 0) is 109 Å². The number of benzene rings is 11. The lowest BCUT2D eigenvalue weighted by Crippen LogP contribution is -2.00. The fourth-order valence-corrected chi connectivity index (χ4v) is 11.7. The van der Waals surface area contributed by atoms with Crippen LogP contribution in [0.1, 0.15) is 0 Å². The number of hydrogen-bond donors (Lipinski definition) is 0. The van der Waals surface area contributed by atoms with Gasteiger partial charge in [0, 0.05) is 56.9 Å². The van der Waals surface area contributed by atoms with E-state index in [4.69, 9.17) is 39.9 Å². The standard InChI is InChI=1S/C82H54N8/c1-5-22-57(23-6-1)77-85-78(58-24-7-2-8-25-58)88-81(87-77)61-42-38-55(39-43-61)73-53-65(75-36-17-19-50-83-75)46-48-71(73)69-34-15-13-32-67(69)63-30-21-31-64(52-63)68-33-14-16-35-70(68)72-49-47-66(76-37-18-20-51-84-76)54-74(72)56-40-44-62(45-41-56)82-89-79(59-26-9-3-10-27-59)86-80(90-82)60-28-11-4-12-29-60/h1-54H. The maximum atomic E-state index is 5.04. The maximum Gasteiger partial charge on any atom is 0.164 e. The summed E-state index contributed by atoms with van der Waals surface area (Å²) in [5, 5.41) is 0. The van der Waals surface area contributed by atoms with E-state index in [1.807, 2.05) is 158 Å². The van der Waals surface area contributed by atoms with Gasteiger partial charge in [-0.25, -0.2) is 29.9 Å². The largest absolute Gasteiger partial charge is 0.256 e. The lowest BCUT2D eigenvalue weighted by Gasteiger charge is -2.18. The van der Waals surface area contributed by atoms with E-state index in [9.17, 15) is 0 Å². The fourth-order valence-electron chi connectivity index (χ4n) is 11.7. The van der Waals surface area contributed by atoms with E-state index < -0.39 is 0 Å². The molecular weight excluding hydrogens is 1100 g/mol. The topological polar surface area (TPSA) is 103 Å². The SMILES string of the molecule is c1ccc(-c2nc(-c3ccccc3)nc(-c3ccc(-c4cc(-c5ccccn5)ccc4-c4ccccc4-c4cccc(-c5ccccc5-c5ccc(-c6ccccn6)cc5-c5ccc(-c6nc(-c7ccccc7)nc(-c7ccccc7)n6)cc5)c4)cc3)n2)cc1. The average molecular weight is 1150 g/mol. The van der Waals surface area contributed by atoms with E-state index in [0.29, 0.717) is 34.9 Å². The van der Waals surface area contributed by atoms with E-state index in [0.717, 1.165) is 123 Å². The Kier molecular flexibility index (Phi) is 14.9. The van der Waals surface area contributed by atoms with Crippen LogP contribution in [-0.2, 0) is 0 Å². The molecule has 0 atom stereocenters. The minimum atomic E-state index is 0.600. The molecule has 0 bridgehead atoms. The van der Waals surface area contributed by atoms with Crippen LogP contribution in [0.2, 0.25) is 0 Å². The van der Waals surface area contributed by atoms with E-state index in [1.54, 1.807) is 0 Å². The Labute approximate surface area is 522 Å². The summed E-state index contributed by atoms with van der Waals surface area (Å²) in [7, 11) is 0. The molecule has 4 aromatic heterocycles. The van der Waals surface area contributed by atoms with Crippen molar-refractivity contribution in [3.63, 3.8) is 0 Å². The normalized spacial score (nSPS) is 11.1. The van der Waals surface area contributed by atoms with Crippen molar-refractivity contribution in [2.75, 3.05) is 0 Å². The van der Waals surface area contributed by atoms with Crippen molar-refractivity contribution in [2.45, 2.75) is 0 Å². The van der Waals surface area contributed by atoms with Crippen molar-refractivity contribution < 1.29 is 0 Å². The van der Waals surface area contributed by atoms with Crippen LogP contribution in [0.5, 0.6) is 0 Å². The predicted octanol–water partition coefficient (Wildman–Crippen LogP) is 20.2. The van der Waals surface area contributed by atoms with Gasteiger partial charge >= 0.3 is 0 Å². The van der Waals surface area contributed by atoms with Crippen LogP contribution in [0.3, 0.4) is 0 Å². The molecule has 0 unspecified atom stereocenters. The second kappa shape index (κ2) is 24.6. The molecular formula is C82H54N8. The molecule has 90 heavy (non-hydrogen) atoms. The smallest absolute Gasteiger partial charge is 0.164 e. The maximum absolute atomic E-state index is 5.04. The molecule has 15 aromatic rings. The number of rotatable bonds is 14. The molecule has 0 saturated heterocycles. The van der Waals surface area contributed by atoms with Gasteiger partial charge < -0.3 is 0 Å². The van der Waals surface area contributed by atoms with Crippen LogP contribution >= 0.6 is 0 Å². The van der Waals surface area contributed by atoms with E-state index in [1.165, 1.54) is 0 Å². The third kappa shape index (κ3) is 11.3. The summed E-state index contributed by atoms with van der Waals surface area (Å²) in [5.41, 5.74) is 22.3. The van der Waals surface area contributed by atoms with Gasteiger partial charge in [-0.2, -0.15) is 0 Å². The summed E-state index contributed by atoms with van der Waals surface area (Å²) >= 11 is 0. The third-order valence-electron chi connectivity index (χ3n) is 16.2. The van der Waals surface area contributed by atoms with Crippen molar-refractivity contribution in [1.29, 1.82) is 0 Å². The van der Waals surface area contributed by atoms with E-state index in [-0.39, 0.29) is 0 Å². The Morgan fingerprint density at radius 3 is 0.722 bits per heavy atom. The minimum absolute atomic E-state index is 0.600. The Bertz CT molecular complexity index is 4580. The second-order valence-corrected chi connectivity index (χ2v) is 21.9. The summed E-state index contributed by atoms with van der Waals surface area (Å²) in [5.74, 6) is 3.68. The third-order valence-corrected chi connectivity index (χ3v) is 16.2. The molecule has 8 nitrogen and oxygen atoms in total. The van der Waals surface area contributed by atoms with Gasteiger partial charge in [-0.15, -0.1) is 0 Å². The number of pyridine rings is 2. The van der Waals surface area contributed by atoms with E-state index in [2.05, 4.69) is 170 Å². The predicted molar refractivity (Wildman–Crippen MR) is 365 cm³/mol. The van der Waals surface area contributed by atoms with Gasteiger partial charge in [0.15, 0.2) is 34.9 Å². The molecule has 8 heteroatoms. The first kappa shape index (κ1) is 54.4. The first-order valence-electron chi connectivity index (χ1n) is 30.0. The van der Waals surface area contributed by atoms with Crippen molar-refractivity contribution in [2.24, 2.45) is 0 Å². The van der Waals surface area contributed by atoms with Gasteiger partial charge in [-0.3, -0.25) is 9.97 Å². The number of nitrogens with zero attached hydrogens (tertiary/aromatic N) is 8. The van der Waals surface area contributed by atoms with Crippen molar-refractivity contribution in [1.82, 2.24) is 39.9 Å². The molecule has 0 aliphatic rings. The molecule has 0 radical (unpaired) electrons. The molecule has 4 heterocycles. The van der Waals surface area contributed by atoms with Gasteiger partial charge in [0.2, 0.25) is 0 Å². The van der Waals surface area contributed by atoms with Crippen molar-refractivity contribution >= 4 is 0 Å². The zero-order valence-electron chi connectivity index (χ0n) is 48.8. The average Bonchev–Trinajstić information content (AvgIpc) is 1.64. The van der Waals surface area contributed by atoms with Gasteiger partial charge in [0.1, 0.15) is 0 Å². The summed E-state index contributed by atoms with van der Waals surface area (Å²) < 4.78 is 0. The van der Waals surface area contributed by atoms with Crippen LogP contribution in [-0.4, -0.2) is 39.9 Å². The highest BCUT2D eigenvalue weighted by Crippen LogP contribution is 2.44. The first-order chi connectivity index (χ1) is 44.6. The number of hydrogen-bond acceptors (Lipinski definition) is 8. The zero-order valence-corrected chi connectivity index (χ0v) is 48.8. The first-order valence-corrected chi connectivity index (χ1v) is 30.0. The molecule has 0 aliphatic carbocycles. The summed E-state index contributed by atoms with van der Waals surface area (Å²) in [6, 6.07) is 109. The molecule has 0 N–H and O–H groups in total. The van der Waals surface area contributed by atoms with Crippen LogP contribution in [0.4, 0.5) is 0 Å². The van der Waals surface area contributed by atoms with E-state index >= 15 is 0 Å². The van der Waals surface area contributed by atoms with Gasteiger partial charge in [-0.1, -0.05) is 273 Å². The molecule has 0 amide bonds. The summed E-state index contributed by atoms with van der Waals surface area (Å²) in [6.07, 6.45) is 3.69. The monoisotopic (exact) mass is 1150 g/mol. The van der Waals surface area contributed by atoms with Gasteiger partial charge in [0.05, 0.1) is 11.4 Å². The Morgan fingerprint density at radius 1 is 0.144 bits per heavy atom. The molecule has 0 aliphatic heterocycles. The van der Waals surface area contributed by atoms with Crippen molar-refractivity contribution in [3.8, 4) is 158 Å². The molecule has 15 rings (SSSR count). The highest BCUT2D eigenvalue weighted by Gasteiger charge is 2.20. The fraction of sp³-hybridized carbons (Fsp3) is 0. The summed E-state index contributed by atoms with van der Waals surface area (Å²) in [6.45, 7) is 0. The molecule has 0 saturated carbocycles. The number of aromatic nitrogens is 8. The molecule has 0 fully saturated rings. The Hall–Kier alpha value is -12.3. The van der Waals surface area contributed by atoms with Crippen LogP contribution in [0.25, 0.3) is 158 Å². The lowest BCUT2D eigenvalue weighted by atomic mass is 9.85. The molecule has 422 valence electrons. The molecule has 11 aromatic carbocycles. The quantitative estimate of drug-likeness (QED) is 0.106. The summed E-state index contributed by atoms with van der Waals surface area (Å²) in [4.78, 5) is 39.6. The van der Waals surface area contributed by atoms with Crippen LogP contribution < -0.4 is 0 Å². The highest BCUT2D eigenvalue weighted by molar-refractivity contribution is 5.97. The Morgan fingerprint density at radius 2 is 0.400 bits per heavy atom. The minimum Gasteiger partial charge on any atom is -0.256 e. The lowest BCUT2D eigenvalue weighted by molar-refractivity contribution is 1.07. The van der Waals surface area contributed by atoms with Gasteiger partial charge in [0.25, 0.3) is 0 Å². The highest BCUT2D eigenvalue weighted by atomic mass is 15.0. The molecule has 0 spiro atoms. The Balaban J connectivity index is 0.806.